The number of phenolic OH excluding ortho intramolecular Hbond substituents is 1. The zero-order chi connectivity index (χ0) is 22.5. The van der Waals surface area contributed by atoms with Crippen LogP contribution in [0.1, 0.15) is 11.1 Å². The van der Waals surface area contributed by atoms with E-state index in [0.717, 1.165) is 21.3 Å². The third kappa shape index (κ3) is 5.64. The van der Waals surface area contributed by atoms with Crippen molar-refractivity contribution in [1.29, 1.82) is 0 Å². The Balaban J connectivity index is 1.61. The van der Waals surface area contributed by atoms with Crippen LogP contribution in [-0.4, -0.2) is 52.6 Å². The molecule has 32 heavy (non-hydrogen) atoms. The van der Waals surface area contributed by atoms with Crippen LogP contribution in [-0.2, 0) is 4.74 Å². The van der Waals surface area contributed by atoms with E-state index in [0.29, 0.717) is 43.2 Å². The van der Waals surface area contributed by atoms with Gasteiger partial charge >= 0.3 is 0 Å². The maximum atomic E-state index is 9.59. The summed E-state index contributed by atoms with van der Waals surface area (Å²) in [6.07, 6.45) is 1.57. The quantitative estimate of drug-likeness (QED) is 0.327. The van der Waals surface area contributed by atoms with Crippen LogP contribution in [0.15, 0.2) is 46.0 Å². The van der Waals surface area contributed by atoms with Gasteiger partial charge in [0.2, 0.25) is 17.8 Å². The van der Waals surface area contributed by atoms with Gasteiger partial charge in [-0.3, -0.25) is 0 Å². The average Bonchev–Trinajstić information content (AvgIpc) is 2.78. The van der Waals surface area contributed by atoms with Gasteiger partial charge in [0.05, 0.1) is 25.1 Å². The molecule has 11 heteroatoms. The molecule has 1 fully saturated rings. The maximum absolute atomic E-state index is 9.59. The van der Waals surface area contributed by atoms with Gasteiger partial charge < -0.3 is 20.1 Å². The highest BCUT2D eigenvalue weighted by molar-refractivity contribution is 9.10. The lowest BCUT2D eigenvalue weighted by molar-refractivity contribution is 0.122. The van der Waals surface area contributed by atoms with Crippen LogP contribution < -0.4 is 15.6 Å². The minimum absolute atomic E-state index is 0.164. The molecule has 1 saturated heterocycles. The number of halogens is 2. The molecule has 4 rings (SSSR count). The summed E-state index contributed by atoms with van der Waals surface area (Å²) >= 11 is 9.84. The molecule has 0 spiro atoms. The number of aromatic hydroxyl groups is 1. The minimum Gasteiger partial charge on any atom is -0.508 e. The van der Waals surface area contributed by atoms with Crippen LogP contribution in [0.5, 0.6) is 5.75 Å². The molecule has 0 bridgehead atoms. The third-order valence-corrected chi connectivity index (χ3v) is 5.72. The molecular formula is C21H21BrClN7O2. The van der Waals surface area contributed by atoms with Gasteiger partial charge in [-0.2, -0.15) is 20.1 Å². The van der Waals surface area contributed by atoms with Gasteiger partial charge in [-0.15, -0.1) is 0 Å². The normalized spacial score (nSPS) is 14.0. The van der Waals surface area contributed by atoms with E-state index in [1.54, 1.807) is 24.4 Å². The lowest BCUT2D eigenvalue weighted by atomic mass is 10.2. The molecule has 0 aliphatic carbocycles. The minimum atomic E-state index is 0.164. The summed E-state index contributed by atoms with van der Waals surface area (Å²) in [4.78, 5) is 15.5. The Morgan fingerprint density at radius 2 is 1.94 bits per heavy atom. The molecule has 0 amide bonds. The van der Waals surface area contributed by atoms with Gasteiger partial charge in [0.15, 0.2) is 0 Å². The number of nitrogens with one attached hydrogen (secondary N) is 2. The number of morpholine rings is 1. The van der Waals surface area contributed by atoms with E-state index in [4.69, 9.17) is 16.3 Å². The first-order valence-electron chi connectivity index (χ1n) is 9.87. The molecule has 3 aromatic rings. The topological polar surface area (TPSA) is 108 Å². The molecule has 0 radical (unpaired) electrons. The molecule has 0 saturated carbocycles. The molecular weight excluding hydrogens is 498 g/mol. The number of hydrazone groups is 1. The molecule has 0 unspecified atom stereocenters. The monoisotopic (exact) mass is 517 g/mol. The van der Waals surface area contributed by atoms with Crippen molar-refractivity contribution < 1.29 is 9.84 Å². The van der Waals surface area contributed by atoms with E-state index in [1.165, 1.54) is 0 Å². The van der Waals surface area contributed by atoms with E-state index >= 15 is 0 Å². The first kappa shape index (κ1) is 22.3. The summed E-state index contributed by atoms with van der Waals surface area (Å²) in [5, 5.41) is 17.6. The first-order chi connectivity index (χ1) is 15.5. The van der Waals surface area contributed by atoms with Crippen LogP contribution in [0.3, 0.4) is 0 Å². The van der Waals surface area contributed by atoms with Gasteiger partial charge in [0.25, 0.3) is 0 Å². The number of rotatable bonds is 6. The van der Waals surface area contributed by atoms with Gasteiger partial charge in [0, 0.05) is 22.6 Å². The van der Waals surface area contributed by atoms with Crippen molar-refractivity contribution in [3.8, 4) is 5.75 Å². The van der Waals surface area contributed by atoms with Crippen LogP contribution in [0, 0.1) is 6.92 Å². The van der Waals surface area contributed by atoms with E-state index in [2.05, 4.69) is 46.7 Å². The highest BCUT2D eigenvalue weighted by Gasteiger charge is 2.17. The fourth-order valence-corrected chi connectivity index (χ4v) is 3.73. The molecule has 0 atom stereocenters. The highest BCUT2D eigenvalue weighted by Crippen LogP contribution is 2.31. The molecule has 1 aliphatic rings. The molecule has 1 aromatic heterocycles. The SMILES string of the molecule is Cc1cc(Br)c(Nc2nc(NN=Cc3cccc(O)c3)nc(N3CCOCC3)n2)cc1Cl. The largest absolute Gasteiger partial charge is 0.508 e. The third-order valence-electron chi connectivity index (χ3n) is 4.66. The Morgan fingerprint density at radius 3 is 2.72 bits per heavy atom. The zero-order valence-electron chi connectivity index (χ0n) is 17.2. The summed E-state index contributed by atoms with van der Waals surface area (Å²) < 4.78 is 6.27. The Bertz CT molecular complexity index is 1140. The standard InChI is InChI=1S/C21H21BrClN7O2/c1-13-9-16(22)18(11-17(13)23)25-19-26-20(28-21(27-19)30-5-7-32-8-6-30)29-24-12-14-3-2-4-15(31)10-14/h2-4,9-12,31H,5-8H2,1H3,(H2,25,26,27,28,29). The van der Waals surface area contributed by atoms with E-state index in [1.807, 2.05) is 30.0 Å². The summed E-state index contributed by atoms with van der Waals surface area (Å²) in [7, 11) is 0. The van der Waals surface area contributed by atoms with Crippen LogP contribution in [0.4, 0.5) is 23.5 Å². The van der Waals surface area contributed by atoms with Gasteiger partial charge in [-0.05, 0) is 58.2 Å². The van der Waals surface area contributed by atoms with E-state index < -0.39 is 0 Å². The van der Waals surface area contributed by atoms with Gasteiger partial charge in [0.1, 0.15) is 5.75 Å². The summed E-state index contributed by atoms with van der Waals surface area (Å²) in [6, 6.07) is 10.5. The van der Waals surface area contributed by atoms with Crippen molar-refractivity contribution in [2.45, 2.75) is 6.92 Å². The van der Waals surface area contributed by atoms with Crippen molar-refractivity contribution in [3.63, 3.8) is 0 Å². The van der Waals surface area contributed by atoms with Crippen molar-refractivity contribution in [1.82, 2.24) is 15.0 Å². The number of aromatic nitrogens is 3. The number of benzene rings is 2. The number of nitrogens with zero attached hydrogens (tertiary/aromatic N) is 5. The molecule has 1 aliphatic heterocycles. The second-order valence-electron chi connectivity index (χ2n) is 7.05. The van der Waals surface area contributed by atoms with Crippen LogP contribution in [0.25, 0.3) is 0 Å². The Labute approximate surface area is 198 Å². The summed E-state index contributed by atoms with van der Waals surface area (Å²) in [5.74, 6) is 1.29. The lowest BCUT2D eigenvalue weighted by Gasteiger charge is -2.27. The molecule has 2 aromatic carbocycles. The number of anilines is 4. The lowest BCUT2D eigenvalue weighted by Crippen LogP contribution is -2.37. The smallest absolute Gasteiger partial charge is 0.250 e. The van der Waals surface area contributed by atoms with Crippen LogP contribution in [0.2, 0.25) is 5.02 Å². The van der Waals surface area contributed by atoms with Gasteiger partial charge in [-0.25, -0.2) is 5.43 Å². The maximum Gasteiger partial charge on any atom is 0.250 e. The number of hydrogen-bond donors (Lipinski definition) is 3. The van der Waals surface area contributed by atoms with E-state index in [9.17, 15) is 5.11 Å². The highest BCUT2D eigenvalue weighted by atomic mass is 79.9. The second-order valence-corrected chi connectivity index (χ2v) is 8.31. The number of hydrogen-bond acceptors (Lipinski definition) is 9. The Hall–Kier alpha value is -2.95. The van der Waals surface area contributed by atoms with Gasteiger partial charge in [-0.1, -0.05) is 23.7 Å². The fraction of sp³-hybridized carbons (Fsp3) is 0.238. The van der Waals surface area contributed by atoms with Crippen LogP contribution >= 0.6 is 27.5 Å². The number of phenols is 1. The van der Waals surface area contributed by atoms with Crippen molar-refractivity contribution in [2.75, 3.05) is 41.9 Å². The second kappa shape index (κ2) is 10.1. The number of aryl methyl sites for hydroxylation is 1. The molecule has 166 valence electrons. The number of ether oxygens (including phenoxy) is 1. The molecule has 3 N–H and O–H groups in total. The summed E-state index contributed by atoms with van der Waals surface area (Å²) in [6.45, 7) is 4.49. The first-order valence-corrected chi connectivity index (χ1v) is 11.0. The van der Waals surface area contributed by atoms with E-state index in [-0.39, 0.29) is 11.7 Å². The predicted octanol–water partition coefficient (Wildman–Crippen LogP) is 4.33. The Kier molecular flexibility index (Phi) is 7.03. The van der Waals surface area contributed by atoms with Crippen molar-refractivity contribution in [3.05, 3.63) is 57.0 Å². The average molecular weight is 519 g/mol. The van der Waals surface area contributed by atoms with Crippen molar-refractivity contribution in [2.24, 2.45) is 5.10 Å². The Morgan fingerprint density at radius 1 is 1.16 bits per heavy atom. The summed E-state index contributed by atoms with van der Waals surface area (Å²) in [5.41, 5.74) is 5.26. The molecule has 9 nitrogen and oxygen atoms in total. The predicted molar refractivity (Wildman–Crippen MR) is 129 cm³/mol. The zero-order valence-corrected chi connectivity index (χ0v) is 19.6. The van der Waals surface area contributed by atoms with Crippen molar-refractivity contribution >= 4 is 57.3 Å². The fourth-order valence-electron chi connectivity index (χ4n) is 3.01. The molecule has 2 heterocycles.